The van der Waals surface area contributed by atoms with Gasteiger partial charge in [-0.2, -0.15) is 0 Å². The smallest absolute Gasteiger partial charge is 0.248 e. The maximum atomic E-state index is 13.2. The largest absolute Gasteiger partial charge is 0.360 e. The van der Waals surface area contributed by atoms with E-state index in [0.717, 1.165) is 32.1 Å². The average molecular weight is 478 g/mol. The van der Waals surface area contributed by atoms with Crippen LogP contribution in [-0.4, -0.2) is 63.4 Å². The minimum Gasteiger partial charge on any atom is -0.360 e. The van der Waals surface area contributed by atoms with Crippen molar-refractivity contribution < 1.29 is 9.59 Å². The van der Waals surface area contributed by atoms with Crippen molar-refractivity contribution in [2.45, 2.75) is 82.7 Å². The van der Waals surface area contributed by atoms with E-state index in [1.54, 1.807) is 11.1 Å². The summed E-state index contributed by atoms with van der Waals surface area (Å²) in [6.07, 6.45) is 14.5. The predicted molar refractivity (Wildman–Crippen MR) is 132 cm³/mol. The summed E-state index contributed by atoms with van der Waals surface area (Å²) in [5, 5.41) is 9.53. The lowest BCUT2D eigenvalue weighted by Crippen LogP contribution is -2.60. The Balaban J connectivity index is 1.38. The topological polar surface area (TPSA) is 77.6 Å². The fourth-order valence-electron chi connectivity index (χ4n) is 5.29. The van der Waals surface area contributed by atoms with E-state index in [1.165, 1.54) is 49.9 Å². The monoisotopic (exact) mass is 477 g/mol. The Hall–Kier alpha value is -1.74. The van der Waals surface area contributed by atoms with E-state index in [2.05, 4.69) is 15.6 Å². The van der Waals surface area contributed by atoms with E-state index >= 15 is 0 Å². The van der Waals surface area contributed by atoms with E-state index in [1.807, 2.05) is 10.3 Å². The molecule has 1 aliphatic heterocycles. The van der Waals surface area contributed by atoms with Gasteiger partial charge in [-0.15, -0.1) is 11.3 Å². The molecule has 4 rings (SSSR count). The van der Waals surface area contributed by atoms with Gasteiger partial charge in [-0.05, 0) is 37.4 Å². The van der Waals surface area contributed by atoms with Gasteiger partial charge < -0.3 is 20.4 Å². The van der Waals surface area contributed by atoms with E-state index in [4.69, 9.17) is 12.2 Å². The zero-order valence-corrected chi connectivity index (χ0v) is 20.4. The Bertz CT molecular complexity index is 775. The molecule has 3 aliphatic rings. The van der Waals surface area contributed by atoms with Gasteiger partial charge in [0.25, 0.3) is 0 Å². The number of amides is 2. The molecule has 7 nitrogen and oxygen atoms in total. The van der Waals surface area contributed by atoms with Gasteiger partial charge in [-0.25, -0.2) is 4.98 Å². The van der Waals surface area contributed by atoms with Gasteiger partial charge in [0, 0.05) is 30.7 Å². The number of rotatable bonds is 6. The van der Waals surface area contributed by atoms with Crippen LogP contribution in [0.15, 0.2) is 11.6 Å². The maximum Gasteiger partial charge on any atom is 0.248 e. The number of nitrogens with zero attached hydrogens (tertiary/aromatic N) is 3. The molecule has 0 spiro atoms. The number of anilines is 1. The second-order valence-corrected chi connectivity index (χ2v) is 10.7. The van der Waals surface area contributed by atoms with E-state index < -0.39 is 6.04 Å². The van der Waals surface area contributed by atoms with Gasteiger partial charge in [0.2, 0.25) is 11.8 Å². The molecule has 3 fully saturated rings. The van der Waals surface area contributed by atoms with Crippen molar-refractivity contribution in [1.82, 2.24) is 20.1 Å². The number of thiazole rings is 1. The highest BCUT2D eigenvalue weighted by atomic mass is 32.1. The predicted octanol–water partition coefficient (Wildman–Crippen LogP) is 3.77. The highest BCUT2D eigenvalue weighted by molar-refractivity contribution is 7.80. The third-order valence-corrected chi connectivity index (χ3v) is 8.16. The first-order valence-electron chi connectivity index (χ1n) is 12.2. The number of thiocarbonyl (C=S) groups is 1. The Kier molecular flexibility index (Phi) is 8.35. The molecule has 1 saturated heterocycles. The average Bonchev–Trinajstić information content (AvgIpc) is 3.32. The molecular formula is C23H35N5O2S2. The number of nitrogens with one attached hydrogen (secondary N) is 2. The number of carbonyl (C=O) groups excluding carboxylic acids is 2. The van der Waals surface area contributed by atoms with Crippen LogP contribution in [0.5, 0.6) is 0 Å². The normalized spacial score (nSPS) is 21.9. The highest BCUT2D eigenvalue weighted by Gasteiger charge is 2.36. The lowest BCUT2D eigenvalue weighted by atomic mass is 9.84. The molecule has 1 aromatic heterocycles. The minimum atomic E-state index is -0.448. The van der Waals surface area contributed by atoms with Gasteiger partial charge in [-0.1, -0.05) is 51.4 Å². The van der Waals surface area contributed by atoms with Crippen molar-refractivity contribution in [1.29, 1.82) is 0 Å². The molecule has 2 amide bonds. The molecule has 2 saturated carbocycles. The Labute approximate surface area is 200 Å². The van der Waals surface area contributed by atoms with Crippen LogP contribution in [0.2, 0.25) is 0 Å². The summed E-state index contributed by atoms with van der Waals surface area (Å²) in [6.45, 7) is 1.42. The second kappa shape index (κ2) is 11.4. The van der Waals surface area contributed by atoms with E-state index in [9.17, 15) is 9.59 Å². The van der Waals surface area contributed by atoms with E-state index in [0.29, 0.717) is 35.3 Å². The molecule has 0 radical (unpaired) electrons. The lowest BCUT2D eigenvalue weighted by molar-refractivity contribution is -0.142. The van der Waals surface area contributed by atoms with Gasteiger partial charge >= 0.3 is 0 Å². The quantitative estimate of drug-likeness (QED) is 0.608. The van der Waals surface area contributed by atoms with Crippen molar-refractivity contribution >= 4 is 45.6 Å². The molecule has 32 heavy (non-hydrogen) atoms. The molecule has 176 valence electrons. The Morgan fingerprint density at radius 1 is 1.12 bits per heavy atom. The summed E-state index contributed by atoms with van der Waals surface area (Å²) in [7, 11) is 0. The van der Waals surface area contributed by atoms with Crippen LogP contribution in [0, 0.1) is 5.92 Å². The molecule has 0 bridgehead atoms. The van der Waals surface area contributed by atoms with Crippen LogP contribution in [0.3, 0.4) is 0 Å². The van der Waals surface area contributed by atoms with Gasteiger partial charge in [-0.3, -0.25) is 9.59 Å². The molecule has 1 aromatic rings. The maximum absolute atomic E-state index is 13.2. The van der Waals surface area contributed by atoms with Crippen molar-refractivity contribution in [3.8, 4) is 0 Å². The molecule has 2 N–H and O–H groups in total. The Morgan fingerprint density at radius 2 is 1.84 bits per heavy atom. The molecule has 2 heterocycles. The third-order valence-electron chi connectivity index (χ3n) is 7.10. The number of piperazine rings is 1. The Morgan fingerprint density at radius 3 is 2.50 bits per heavy atom. The van der Waals surface area contributed by atoms with Gasteiger partial charge in [0.05, 0.1) is 6.54 Å². The number of hydrogen-bond donors (Lipinski definition) is 2. The molecule has 2 aliphatic carbocycles. The summed E-state index contributed by atoms with van der Waals surface area (Å²) in [5.74, 6) is 0.366. The van der Waals surface area contributed by atoms with E-state index in [-0.39, 0.29) is 18.4 Å². The van der Waals surface area contributed by atoms with Crippen molar-refractivity contribution in [3.05, 3.63) is 11.6 Å². The number of aromatic nitrogens is 1. The zero-order chi connectivity index (χ0) is 22.3. The summed E-state index contributed by atoms with van der Waals surface area (Å²) >= 11 is 7.03. The van der Waals surface area contributed by atoms with Crippen LogP contribution in [0.4, 0.5) is 5.13 Å². The number of hydrogen-bond acceptors (Lipinski definition) is 5. The molecule has 9 heteroatoms. The minimum absolute atomic E-state index is 0.0147. The molecule has 1 atom stereocenters. The van der Waals surface area contributed by atoms with Gasteiger partial charge in [0.15, 0.2) is 10.2 Å². The van der Waals surface area contributed by atoms with Crippen molar-refractivity contribution in [3.63, 3.8) is 0 Å². The third kappa shape index (κ3) is 6.19. The first-order valence-corrected chi connectivity index (χ1v) is 13.4. The first kappa shape index (κ1) is 23.4. The molecule has 0 aromatic carbocycles. The summed E-state index contributed by atoms with van der Waals surface area (Å²) in [6, 6.07) is -0.0240. The number of carbonyl (C=O) groups is 2. The summed E-state index contributed by atoms with van der Waals surface area (Å²) < 4.78 is 0. The molecular weight excluding hydrogens is 442 g/mol. The van der Waals surface area contributed by atoms with Crippen LogP contribution in [-0.2, 0) is 9.59 Å². The highest BCUT2D eigenvalue weighted by Crippen LogP contribution is 2.30. The summed E-state index contributed by atoms with van der Waals surface area (Å²) in [5.41, 5.74) is 0. The summed E-state index contributed by atoms with van der Waals surface area (Å²) in [4.78, 5) is 34.4. The van der Waals surface area contributed by atoms with Crippen LogP contribution < -0.4 is 10.6 Å². The first-order chi connectivity index (χ1) is 15.6. The zero-order valence-electron chi connectivity index (χ0n) is 18.8. The second-order valence-electron chi connectivity index (χ2n) is 9.38. The van der Waals surface area contributed by atoms with Crippen LogP contribution >= 0.6 is 23.6 Å². The standard InChI is InChI=1S/C23H35N5O2S2/c29-20-16-27(23(31)25-18-9-5-2-6-10-18)12-13-28(20)19(15-17-7-3-1-4-8-17)21(30)26-22-24-11-14-32-22/h11,14,17-19H,1-10,12-13,15-16H2,(H,25,31)(H,24,26,30). The fourth-order valence-corrected chi connectivity index (χ4v) is 6.14. The SMILES string of the molecule is O=C(Nc1nccs1)C(CC1CCCCC1)N1CCN(C(=S)NC2CCCCC2)CC1=O. The fraction of sp³-hybridized carbons (Fsp3) is 0.739. The molecule has 1 unspecified atom stereocenters. The van der Waals surface area contributed by atoms with Crippen molar-refractivity contribution in [2.75, 3.05) is 25.0 Å². The van der Waals surface area contributed by atoms with Crippen molar-refractivity contribution in [2.24, 2.45) is 5.92 Å². The lowest BCUT2D eigenvalue weighted by Gasteiger charge is -2.41. The van der Waals surface area contributed by atoms with Crippen LogP contribution in [0.1, 0.15) is 70.6 Å². The van der Waals surface area contributed by atoms with Gasteiger partial charge in [0.1, 0.15) is 6.04 Å². The van der Waals surface area contributed by atoms with Crippen LogP contribution in [0.25, 0.3) is 0 Å².